The van der Waals surface area contributed by atoms with E-state index in [0.717, 1.165) is 18.7 Å². The highest BCUT2D eigenvalue weighted by atomic mass is 35.5. The standard InChI is InChI=1S/C27H26Cl2N2/c28-23-12-11-19(17-24(23)29)18-30-26-22-13-15-31(16-14-22)27(26)25(20-7-3-1-4-8-20)21-9-5-2-6-10-21/h1-12,17-18,22,25-27H,13-16H2/b30-18+/t26-,27+/m1/s1. The van der Waals surface area contributed by atoms with Crippen LogP contribution in [0.3, 0.4) is 0 Å². The van der Waals surface area contributed by atoms with Crippen LogP contribution in [0.15, 0.2) is 83.9 Å². The minimum absolute atomic E-state index is 0.252. The summed E-state index contributed by atoms with van der Waals surface area (Å²) in [5.74, 6) is 0.908. The monoisotopic (exact) mass is 448 g/mol. The highest BCUT2D eigenvalue weighted by Gasteiger charge is 2.46. The molecule has 2 atom stereocenters. The molecular formula is C27H26Cl2N2. The van der Waals surface area contributed by atoms with E-state index in [0.29, 0.717) is 27.9 Å². The summed E-state index contributed by atoms with van der Waals surface area (Å²) in [7, 11) is 0. The number of rotatable bonds is 5. The first-order valence-electron chi connectivity index (χ1n) is 11.0. The van der Waals surface area contributed by atoms with E-state index in [4.69, 9.17) is 28.2 Å². The van der Waals surface area contributed by atoms with E-state index >= 15 is 0 Å². The molecule has 0 spiro atoms. The Morgan fingerprint density at radius 2 is 1.42 bits per heavy atom. The molecule has 31 heavy (non-hydrogen) atoms. The van der Waals surface area contributed by atoms with Crippen molar-refractivity contribution in [3.63, 3.8) is 0 Å². The Morgan fingerprint density at radius 3 is 2.00 bits per heavy atom. The van der Waals surface area contributed by atoms with Crippen molar-refractivity contribution in [3.8, 4) is 0 Å². The maximum atomic E-state index is 6.24. The topological polar surface area (TPSA) is 15.6 Å². The number of aliphatic imine (C=N–C) groups is 1. The molecule has 3 fully saturated rings. The van der Waals surface area contributed by atoms with Crippen LogP contribution in [-0.4, -0.2) is 36.3 Å². The zero-order valence-corrected chi connectivity index (χ0v) is 18.9. The van der Waals surface area contributed by atoms with Crippen LogP contribution >= 0.6 is 23.2 Å². The van der Waals surface area contributed by atoms with E-state index in [9.17, 15) is 0 Å². The van der Waals surface area contributed by atoms with Crippen LogP contribution < -0.4 is 0 Å². The maximum Gasteiger partial charge on any atom is 0.0693 e. The zero-order valence-electron chi connectivity index (χ0n) is 17.4. The SMILES string of the molecule is Clc1ccc(/C=N/[C@@H]2C3CCN(CC3)[C@H]2C(c2ccccc2)c2ccccc2)cc1Cl. The van der Waals surface area contributed by atoms with Gasteiger partial charge >= 0.3 is 0 Å². The summed E-state index contributed by atoms with van der Waals surface area (Å²) in [5, 5.41) is 1.15. The molecule has 0 aromatic heterocycles. The Bertz CT molecular complexity index is 1000. The highest BCUT2D eigenvalue weighted by molar-refractivity contribution is 6.42. The summed E-state index contributed by atoms with van der Waals surface area (Å²) in [6.07, 6.45) is 4.43. The van der Waals surface area contributed by atoms with Crippen molar-refractivity contribution in [1.29, 1.82) is 0 Å². The minimum Gasteiger partial charge on any atom is -0.297 e. The summed E-state index contributed by atoms with van der Waals surface area (Å²) in [6.45, 7) is 2.31. The maximum absolute atomic E-state index is 6.24. The van der Waals surface area contributed by atoms with E-state index in [2.05, 4.69) is 65.6 Å². The van der Waals surface area contributed by atoms with Crippen LogP contribution in [0, 0.1) is 5.92 Å². The molecule has 6 rings (SSSR count). The molecule has 158 valence electrons. The lowest BCUT2D eigenvalue weighted by molar-refractivity contribution is 0.0215. The molecule has 2 nitrogen and oxygen atoms in total. The Kier molecular flexibility index (Phi) is 6.13. The van der Waals surface area contributed by atoms with Crippen molar-refractivity contribution in [2.75, 3.05) is 13.1 Å². The fraction of sp³-hybridized carbons (Fsp3) is 0.296. The van der Waals surface area contributed by atoms with Crippen LogP contribution in [0.1, 0.15) is 35.4 Å². The fourth-order valence-corrected chi connectivity index (χ4v) is 5.65. The van der Waals surface area contributed by atoms with Gasteiger partial charge in [-0.25, -0.2) is 0 Å². The molecule has 3 heterocycles. The number of fused-ring (bicyclic) bond motifs is 3. The molecule has 2 bridgehead atoms. The van der Waals surface area contributed by atoms with E-state index in [1.807, 2.05) is 24.4 Å². The van der Waals surface area contributed by atoms with Crippen molar-refractivity contribution >= 4 is 29.4 Å². The summed E-state index contributed by atoms with van der Waals surface area (Å²) in [4.78, 5) is 7.86. The predicted octanol–water partition coefficient (Wildman–Crippen LogP) is 6.71. The Balaban J connectivity index is 1.54. The van der Waals surface area contributed by atoms with Gasteiger partial charge in [0.1, 0.15) is 0 Å². The molecule has 4 heteroatoms. The smallest absolute Gasteiger partial charge is 0.0693 e. The van der Waals surface area contributed by atoms with Crippen molar-refractivity contribution in [1.82, 2.24) is 4.90 Å². The molecule has 3 aliphatic rings. The van der Waals surface area contributed by atoms with Gasteiger partial charge in [-0.15, -0.1) is 0 Å². The van der Waals surface area contributed by atoms with Gasteiger partial charge in [-0.2, -0.15) is 0 Å². The van der Waals surface area contributed by atoms with Crippen LogP contribution in [0.4, 0.5) is 0 Å². The lowest BCUT2D eigenvalue weighted by Gasteiger charge is -2.52. The second-order valence-corrected chi connectivity index (χ2v) is 9.42. The van der Waals surface area contributed by atoms with Crippen molar-refractivity contribution < 1.29 is 0 Å². The molecule has 3 aliphatic heterocycles. The highest BCUT2D eigenvalue weighted by Crippen LogP contribution is 2.43. The quantitative estimate of drug-likeness (QED) is 0.396. The normalized spacial score (nSPS) is 25.4. The number of nitrogens with zero attached hydrogens (tertiary/aromatic N) is 2. The van der Waals surface area contributed by atoms with Gasteiger partial charge in [0.2, 0.25) is 0 Å². The van der Waals surface area contributed by atoms with E-state index in [1.165, 1.54) is 24.0 Å². The molecule has 0 saturated carbocycles. The van der Waals surface area contributed by atoms with Crippen molar-refractivity contribution in [2.24, 2.45) is 10.9 Å². The van der Waals surface area contributed by atoms with E-state index in [1.54, 1.807) is 0 Å². The lowest BCUT2D eigenvalue weighted by atomic mass is 9.71. The number of hydrogen-bond donors (Lipinski definition) is 0. The molecule has 3 aromatic rings. The number of piperidine rings is 3. The first-order valence-corrected chi connectivity index (χ1v) is 11.8. The van der Waals surface area contributed by atoms with Gasteiger partial charge in [-0.05, 0) is 60.7 Å². The summed E-state index contributed by atoms with van der Waals surface area (Å²) >= 11 is 12.3. The van der Waals surface area contributed by atoms with Gasteiger partial charge in [0.25, 0.3) is 0 Å². The molecule has 3 saturated heterocycles. The largest absolute Gasteiger partial charge is 0.297 e. The van der Waals surface area contributed by atoms with Gasteiger partial charge in [-0.3, -0.25) is 9.89 Å². The molecule has 0 aliphatic carbocycles. The second kappa shape index (κ2) is 9.16. The van der Waals surface area contributed by atoms with E-state index in [-0.39, 0.29) is 6.04 Å². The summed E-state index contributed by atoms with van der Waals surface area (Å²) in [6, 6.07) is 28.2. The third-order valence-electron chi connectivity index (χ3n) is 6.83. The third-order valence-corrected chi connectivity index (χ3v) is 7.57. The van der Waals surface area contributed by atoms with Crippen LogP contribution in [0.5, 0.6) is 0 Å². The first kappa shape index (κ1) is 20.8. The molecule has 0 unspecified atom stereocenters. The average molecular weight is 449 g/mol. The fourth-order valence-electron chi connectivity index (χ4n) is 5.34. The van der Waals surface area contributed by atoms with Crippen molar-refractivity contribution in [2.45, 2.75) is 30.8 Å². The predicted molar refractivity (Wildman–Crippen MR) is 131 cm³/mol. The Morgan fingerprint density at radius 1 is 0.806 bits per heavy atom. The lowest BCUT2D eigenvalue weighted by Crippen LogP contribution is -2.59. The summed E-state index contributed by atoms with van der Waals surface area (Å²) < 4.78 is 0. The molecular weight excluding hydrogens is 423 g/mol. The van der Waals surface area contributed by atoms with Crippen LogP contribution in [0.25, 0.3) is 0 Å². The van der Waals surface area contributed by atoms with Crippen molar-refractivity contribution in [3.05, 3.63) is 106 Å². The number of benzene rings is 3. The van der Waals surface area contributed by atoms with Gasteiger partial charge in [0.15, 0.2) is 0 Å². The second-order valence-electron chi connectivity index (χ2n) is 8.61. The van der Waals surface area contributed by atoms with Gasteiger partial charge < -0.3 is 0 Å². The zero-order chi connectivity index (χ0) is 21.2. The van der Waals surface area contributed by atoms with Gasteiger partial charge in [0.05, 0.1) is 16.1 Å². The first-order chi connectivity index (χ1) is 15.2. The van der Waals surface area contributed by atoms with Crippen LogP contribution in [-0.2, 0) is 0 Å². The summed E-state index contributed by atoms with van der Waals surface area (Å²) in [5.41, 5.74) is 3.72. The minimum atomic E-state index is 0.252. The number of halogens is 2. The average Bonchev–Trinajstić information content (AvgIpc) is 2.83. The van der Waals surface area contributed by atoms with E-state index < -0.39 is 0 Å². The third kappa shape index (κ3) is 4.30. The molecule has 0 amide bonds. The molecule has 0 N–H and O–H groups in total. The Hall–Kier alpha value is -2.13. The number of hydrogen-bond acceptors (Lipinski definition) is 2. The van der Waals surface area contributed by atoms with Crippen LogP contribution in [0.2, 0.25) is 10.0 Å². The van der Waals surface area contributed by atoms with Gasteiger partial charge in [0, 0.05) is 18.2 Å². The Labute approximate surface area is 194 Å². The molecule has 0 radical (unpaired) electrons. The van der Waals surface area contributed by atoms with Gasteiger partial charge in [-0.1, -0.05) is 89.9 Å². The molecule has 3 aromatic carbocycles.